The minimum atomic E-state index is 0.000430. The third-order valence-electron chi connectivity index (χ3n) is 4.78. The largest absolute Gasteiger partial charge is 0.497 e. The Morgan fingerprint density at radius 3 is 2.93 bits per heavy atom. The molecule has 1 fully saturated rings. The summed E-state index contributed by atoms with van der Waals surface area (Å²) < 4.78 is 12.9. The predicted octanol–water partition coefficient (Wildman–Crippen LogP) is 2.47. The number of nitrogens with zero attached hydrogens (tertiary/aromatic N) is 3. The van der Waals surface area contributed by atoms with Crippen LogP contribution in [0.2, 0.25) is 0 Å². The number of hydrogen-bond acceptors (Lipinski definition) is 5. The van der Waals surface area contributed by atoms with Gasteiger partial charge in [0.15, 0.2) is 0 Å². The molecule has 0 bridgehead atoms. The molecule has 1 aliphatic rings. The van der Waals surface area contributed by atoms with E-state index in [0.717, 1.165) is 48.8 Å². The number of aromatic nitrogens is 2. The van der Waals surface area contributed by atoms with E-state index in [4.69, 9.17) is 9.47 Å². The fourth-order valence-electron chi connectivity index (χ4n) is 3.45. The number of aryl methyl sites for hydroxylation is 2. The Labute approximate surface area is 160 Å². The first kappa shape index (κ1) is 19.2. The van der Waals surface area contributed by atoms with Gasteiger partial charge in [-0.05, 0) is 38.4 Å². The third-order valence-corrected chi connectivity index (χ3v) is 4.78. The SMILES string of the molecule is COc1cccc(OC[C@H]2CCCN(CC(=O)Nc3cn(C)nc3C)C2)c1. The van der Waals surface area contributed by atoms with Crippen molar-refractivity contribution in [2.24, 2.45) is 13.0 Å². The van der Waals surface area contributed by atoms with Crippen molar-refractivity contribution in [3.8, 4) is 11.5 Å². The highest BCUT2D eigenvalue weighted by Gasteiger charge is 2.22. The van der Waals surface area contributed by atoms with E-state index in [1.54, 1.807) is 11.8 Å². The zero-order valence-electron chi connectivity index (χ0n) is 16.3. The van der Waals surface area contributed by atoms with Crippen molar-refractivity contribution >= 4 is 11.6 Å². The number of anilines is 1. The van der Waals surface area contributed by atoms with Crippen LogP contribution in [0.5, 0.6) is 11.5 Å². The Morgan fingerprint density at radius 1 is 1.37 bits per heavy atom. The molecule has 0 unspecified atom stereocenters. The molecule has 1 atom stereocenters. The van der Waals surface area contributed by atoms with Gasteiger partial charge in [-0.1, -0.05) is 6.07 Å². The molecular formula is C20H28N4O3. The number of carbonyl (C=O) groups excluding carboxylic acids is 1. The summed E-state index contributed by atoms with van der Waals surface area (Å²) in [5.74, 6) is 2.02. The van der Waals surface area contributed by atoms with Crippen molar-refractivity contribution in [2.75, 3.05) is 38.7 Å². The summed E-state index contributed by atoms with van der Waals surface area (Å²) in [6.45, 7) is 4.73. The van der Waals surface area contributed by atoms with Crippen LogP contribution in [0.15, 0.2) is 30.5 Å². The quantitative estimate of drug-likeness (QED) is 0.809. The van der Waals surface area contributed by atoms with Crippen LogP contribution >= 0.6 is 0 Å². The molecule has 1 amide bonds. The zero-order chi connectivity index (χ0) is 19.2. The van der Waals surface area contributed by atoms with Crippen molar-refractivity contribution in [3.05, 3.63) is 36.2 Å². The number of ether oxygens (including phenoxy) is 2. The molecule has 0 spiro atoms. The second-order valence-corrected chi connectivity index (χ2v) is 7.08. The molecule has 1 aromatic carbocycles. The van der Waals surface area contributed by atoms with Gasteiger partial charge in [0.2, 0.25) is 5.91 Å². The minimum Gasteiger partial charge on any atom is -0.497 e. The van der Waals surface area contributed by atoms with Crippen LogP contribution in [0.4, 0.5) is 5.69 Å². The lowest BCUT2D eigenvalue weighted by Gasteiger charge is -2.32. The molecule has 1 saturated heterocycles. The van der Waals surface area contributed by atoms with Crippen molar-refractivity contribution in [1.29, 1.82) is 0 Å². The topological polar surface area (TPSA) is 68.6 Å². The lowest BCUT2D eigenvalue weighted by molar-refractivity contribution is -0.117. The van der Waals surface area contributed by atoms with Gasteiger partial charge in [0.05, 0.1) is 31.6 Å². The smallest absolute Gasteiger partial charge is 0.238 e. The van der Waals surface area contributed by atoms with Crippen LogP contribution in [-0.2, 0) is 11.8 Å². The molecule has 27 heavy (non-hydrogen) atoms. The van der Waals surface area contributed by atoms with Crippen LogP contribution in [0.25, 0.3) is 0 Å². The van der Waals surface area contributed by atoms with E-state index in [-0.39, 0.29) is 5.91 Å². The number of likely N-dealkylation sites (tertiary alicyclic amines) is 1. The highest BCUT2D eigenvalue weighted by atomic mass is 16.5. The molecule has 146 valence electrons. The highest BCUT2D eigenvalue weighted by molar-refractivity contribution is 5.92. The summed E-state index contributed by atoms with van der Waals surface area (Å²) in [4.78, 5) is 14.6. The number of amides is 1. The zero-order valence-corrected chi connectivity index (χ0v) is 16.3. The van der Waals surface area contributed by atoms with Gasteiger partial charge in [-0.3, -0.25) is 14.4 Å². The fraction of sp³-hybridized carbons (Fsp3) is 0.500. The van der Waals surface area contributed by atoms with E-state index < -0.39 is 0 Å². The van der Waals surface area contributed by atoms with E-state index in [1.165, 1.54) is 0 Å². The monoisotopic (exact) mass is 372 g/mol. The average molecular weight is 372 g/mol. The lowest BCUT2D eigenvalue weighted by Crippen LogP contribution is -2.42. The molecular weight excluding hydrogens is 344 g/mol. The molecule has 1 N–H and O–H groups in total. The van der Waals surface area contributed by atoms with Crippen LogP contribution in [0.3, 0.4) is 0 Å². The van der Waals surface area contributed by atoms with E-state index >= 15 is 0 Å². The molecule has 2 aromatic rings. The van der Waals surface area contributed by atoms with Gasteiger partial charge in [0.1, 0.15) is 11.5 Å². The first-order chi connectivity index (χ1) is 13.0. The number of methoxy groups -OCH3 is 1. The van der Waals surface area contributed by atoms with Crippen molar-refractivity contribution in [2.45, 2.75) is 19.8 Å². The lowest BCUT2D eigenvalue weighted by atomic mass is 9.99. The number of rotatable bonds is 7. The van der Waals surface area contributed by atoms with E-state index in [9.17, 15) is 4.79 Å². The number of benzene rings is 1. The van der Waals surface area contributed by atoms with Gasteiger partial charge in [-0.25, -0.2) is 0 Å². The van der Waals surface area contributed by atoms with Gasteiger partial charge >= 0.3 is 0 Å². The maximum absolute atomic E-state index is 12.4. The van der Waals surface area contributed by atoms with Gasteiger partial charge in [-0.2, -0.15) is 5.10 Å². The van der Waals surface area contributed by atoms with Gasteiger partial charge in [-0.15, -0.1) is 0 Å². The third kappa shape index (κ3) is 5.47. The van der Waals surface area contributed by atoms with Crippen molar-refractivity contribution in [3.63, 3.8) is 0 Å². The minimum absolute atomic E-state index is 0.000430. The number of carbonyl (C=O) groups is 1. The second-order valence-electron chi connectivity index (χ2n) is 7.08. The highest BCUT2D eigenvalue weighted by Crippen LogP contribution is 2.22. The summed E-state index contributed by atoms with van der Waals surface area (Å²) in [6, 6.07) is 7.65. The first-order valence-electron chi connectivity index (χ1n) is 9.33. The number of nitrogens with one attached hydrogen (secondary N) is 1. The molecule has 7 heteroatoms. The van der Waals surface area contributed by atoms with Gasteiger partial charge in [0, 0.05) is 31.8 Å². The maximum atomic E-state index is 12.4. The Kier molecular flexibility index (Phi) is 6.34. The predicted molar refractivity (Wildman–Crippen MR) is 104 cm³/mol. The Hall–Kier alpha value is -2.54. The number of piperidine rings is 1. The summed E-state index contributed by atoms with van der Waals surface area (Å²) >= 11 is 0. The summed E-state index contributed by atoms with van der Waals surface area (Å²) in [7, 11) is 3.50. The Bertz CT molecular complexity index is 774. The van der Waals surface area contributed by atoms with Crippen molar-refractivity contribution in [1.82, 2.24) is 14.7 Å². The molecule has 0 aliphatic carbocycles. The van der Waals surface area contributed by atoms with Crippen LogP contribution in [0.1, 0.15) is 18.5 Å². The second kappa shape index (κ2) is 8.90. The Balaban J connectivity index is 1.47. The molecule has 3 rings (SSSR count). The van der Waals surface area contributed by atoms with Crippen molar-refractivity contribution < 1.29 is 14.3 Å². The van der Waals surface area contributed by atoms with Gasteiger partial charge < -0.3 is 14.8 Å². The molecule has 0 saturated carbocycles. The van der Waals surface area contributed by atoms with E-state index in [0.29, 0.717) is 19.1 Å². The Morgan fingerprint density at radius 2 is 2.19 bits per heavy atom. The molecule has 2 heterocycles. The maximum Gasteiger partial charge on any atom is 0.238 e. The van der Waals surface area contributed by atoms with Gasteiger partial charge in [0.25, 0.3) is 0 Å². The molecule has 1 aliphatic heterocycles. The standard InChI is InChI=1S/C20H28N4O3/c1-15-19(12-23(2)22-15)21-20(25)13-24-9-5-6-16(11-24)14-27-18-8-4-7-17(10-18)26-3/h4,7-8,10,12,16H,5-6,9,11,13-14H2,1-3H3,(H,21,25)/t16-/m0/s1. The van der Waals surface area contributed by atoms with Crippen LogP contribution in [-0.4, -0.2) is 53.9 Å². The average Bonchev–Trinajstić information content (AvgIpc) is 2.97. The molecule has 7 nitrogen and oxygen atoms in total. The fourth-order valence-corrected chi connectivity index (χ4v) is 3.45. The number of hydrogen-bond donors (Lipinski definition) is 1. The molecule has 0 radical (unpaired) electrons. The van der Waals surface area contributed by atoms with Crippen LogP contribution in [0, 0.1) is 12.8 Å². The summed E-state index contributed by atoms with van der Waals surface area (Å²) in [5, 5.41) is 7.21. The summed E-state index contributed by atoms with van der Waals surface area (Å²) in [5.41, 5.74) is 1.60. The first-order valence-corrected chi connectivity index (χ1v) is 9.33. The van der Waals surface area contributed by atoms with Crippen LogP contribution < -0.4 is 14.8 Å². The summed E-state index contributed by atoms with van der Waals surface area (Å²) in [6.07, 6.45) is 4.02. The van der Waals surface area contributed by atoms with E-state index in [1.807, 2.05) is 44.4 Å². The van der Waals surface area contributed by atoms with E-state index in [2.05, 4.69) is 15.3 Å². The normalized spacial score (nSPS) is 17.5. The molecule has 1 aromatic heterocycles.